The Morgan fingerprint density at radius 3 is 2.06 bits per heavy atom. The number of rotatable bonds is 11. The molecule has 0 heterocycles. The van der Waals surface area contributed by atoms with E-state index in [2.05, 4.69) is 12.2 Å². The minimum Gasteiger partial charge on any atom is -0.351 e. The highest BCUT2D eigenvalue weighted by Gasteiger charge is 2.22. The minimum atomic E-state index is -2.96. The van der Waals surface area contributed by atoms with Gasteiger partial charge in [0.25, 0.3) is 0 Å². The highest BCUT2D eigenvalue weighted by Crippen LogP contribution is 2.08. The molecular formula is C12H27NO4S. The van der Waals surface area contributed by atoms with E-state index >= 15 is 0 Å². The summed E-state index contributed by atoms with van der Waals surface area (Å²) in [5.74, 6) is 0.144. The van der Waals surface area contributed by atoms with E-state index in [1.807, 2.05) is 13.8 Å². The average molecular weight is 281 g/mol. The van der Waals surface area contributed by atoms with E-state index in [-0.39, 0.29) is 18.1 Å². The van der Waals surface area contributed by atoms with Crippen LogP contribution in [0, 0.1) is 0 Å². The summed E-state index contributed by atoms with van der Waals surface area (Å²) in [5, 5.41) is 3.30. The van der Waals surface area contributed by atoms with Gasteiger partial charge in [-0.25, -0.2) is 8.42 Å². The van der Waals surface area contributed by atoms with Crippen LogP contribution in [0.1, 0.15) is 33.6 Å². The molecule has 0 spiro atoms. The molecule has 0 saturated carbocycles. The first-order valence-corrected chi connectivity index (χ1v) is 8.64. The molecule has 0 rings (SSSR count). The third-order valence-electron chi connectivity index (χ3n) is 2.45. The van der Waals surface area contributed by atoms with Gasteiger partial charge in [0.1, 0.15) is 9.84 Å². The summed E-state index contributed by atoms with van der Waals surface area (Å²) in [6.45, 7) is 7.79. The van der Waals surface area contributed by atoms with Gasteiger partial charge in [-0.1, -0.05) is 6.92 Å². The molecule has 0 saturated heterocycles. The predicted molar refractivity (Wildman–Crippen MR) is 73.4 cm³/mol. The van der Waals surface area contributed by atoms with Gasteiger partial charge in [-0.3, -0.25) is 0 Å². The Kier molecular flexibility index (Phi) is 9.63. The molecule has 0 aliphatic heterocycles. The van der Waals surface area contributed by atoms with Crippen LogP contribution in [0.5, 0.6) is 0 Å². The Balaban J connectivity index is 4.49. The predicted octanol–water partition coefficient (Wildman–Crippen LogP) is 1.19. The van der Waals surface area contributed by atoms with Crippen molar-refractivity contribution in [1.29, 1.82) is 0 Å². The number of sulfone groups is 1. The molecule has 0 aromatic carbocycles. The van der Waals surface area contributed by atoms with Crippen molar-refractivity contribution < 1.29 is 17.9 Å². The van der Waals surface area contributed by atoms with Gasteiger partial charge in [0.05, 0.1) is 11.8 Å². The number of ether oxygens (including phenoxy) is 2. The molecule has 0 amide bonds. The maximum absolute atomic E-state index is 11.2. The summed E-state index contributed by atoms with van der Waals surface area (Å²) >= 11 is 0. The van der Waals surface area contributed by atoms with Crippen LogP contribution in [0.15, 0.2) is 0 Å². The minimum absolute atomic E-state index is 0.0837. The fraction of sp³-hybridized carbons (Fsp3) is 1.00. The Morgan fingerprint density at radius 2 is 1.67 bits per heavy atom. The average Bonchev–Trinajstić information content (AvgIpc) is 2.28. The summed E-state index contributed by atoms with van der Waals surface area (Å²) < 4.78 is 33.5. The molecular weight excluding hydrogens is 254 g/mol. The molecule has 1 unspecified atom stereocenters. The number of hydrogen-bond donors (Lipinski definition) is 1. The highest BCUT2D eigenvalue weighted by molar-refractivity contribution is 7.90. The fourth-order valence-corrected chi connectivity index (χ4v) is 2.30. The van der Waals surface area contributed by atoms with Crippen molar-refractivity contribution in [2.45, 2.75) is 45.9 Å². The molecule has 0 aliphatic carbocycles. The van der Waals surface area contributed by atoms with E-state index < -0.39 is 9.84 Å². The van der Waals surface area contributed by atoms with Crippen LogP contribution in [-0.4, -0.2) is 52.5 Å². The maximum atomic E-state index is 11.2. The lowest BCUT2D eigenvalue weighted by Crippen LogP contribution is -2.44. The molecule has 0 bridgehead atoms. The van der Waals surface area contributed by atoms with Crippen LogP contribution in [0.4, 0.5) is 0 Å². The molecule has 0 radical (unpaired) electrons. The maximum Gasteiger partial charge on any atom is 0.172 e. The van der Waals surface area contributed by atoms with Crippen molar-refractivity contribution in [3.05, 3.63) is 0 Å². The van der Waals surface area contributed by atoms with Crippen LogP contribution in [0.25, 0.3) is 0 Å². The molecule has 18 heavy (non-hydrogen) atoms. The molecule has 6 heteroatoms. The van der Waals surface area contributed by atoms with Crippen LogP contribution in [0.3, 0.4) is 0 Å². The summed E-state index contributed by atoms with van der Waals surface area (Å²) in [6, 6.07) is -0.0837. The Morgan fingerprint density at radius 1 is 1.11 bits per heavy atom. The lowest BCUT2D eigenvalue weighted by atomic mass is 10.2. The first-order chi connectivity index (χ1) is 8.44. The van der Waals surface area contributed by atoms with Crippen molar-refractivity contribution in [2.24, 2.45) is 0 Å². The second-order valence-electron chi connectivity index (χ2n) is 4.26. The highest BCUT2D eigenvalue weighted by atomic mass is 32.2. The summed E-state index contributed by atoms with van der Waals surface area (Å²) in [4.78, 5) is 0. The monoisotopic (exact) mass is 281 g/mol. The van der Waals surface area contributed by atoms with E-state index in [4.69, 9.17) is 9.47 Å². The first-order valence-electron chi connectivity index (χ1n) is 6.58. The van der Waals surface area contributed by atoms with Crippen molar-refractivity contribution in [2.75, 3.05) is 31.8 Å². The van der Waals surface area contributed by atoms with Crippen LogP contribution < -0.4 is 5.32 Å². The Bertz CT molecular complexity index is 286. The van der Waals surface area contributed by atoms with Crippen molar-refractivity contribution in [1.82, 2.24) is 5.32 Å². The molecule has 5 nitrogen and oxygen atoms in total. The zero-order valence-corrected chi connectivity index (χ0v) is 12.8. The van der Waals surface area contributed by atoms with E-state index in [0.717, 1.165) is 13.0 Å². The summed E-state index contributed by atoms with van der Waals surface area (Å²) in [7, 11) is -2.96. The quantitative estimate of drug-likeness (QED) is 0.576. The molecule has 0 aromatic heterocycles. The number of hydrogen-bond acceptors (Lipinski definition) is 5. The molecule has 0 aliphatic rings. The Hall–Kier alpha value is -0.170. The SMILES string of the molecule is CCCNC(CCS(C)(=O)=O)C(OCC)OCC. The Labute approximate surface area is 111 Å². The zero-order chi connectivity index (χ0) is 14.0. The topological polar surface area (TPSA) is 64.6 Å². The lowest BCUT2D eigenvalue weighted by Gasteiger charge is -2.27. The van der Waals surface area contributed by atoms with Gasteiger partial charge in [0.2, 0.25) is 0 Å². The van der Waals surface area contributed by atoms with Gasteiger partial charge >= 0.3 is 0 Å². The van der Waals surface area contributed by atoms with Gasteiger partial charge in [-0.2, -0.15) is 0 Å². The van der Waals surface area contributed by atoms with Crippen molar-refractivity contribution >= 4 is 9.84 Å². The molecule has 0 fully saturated rings. The second kappa shape index (κ2) is 9.72. The molecule has 110 valence electrons. The molecule has 1 N–H and O–H groups in total. The largest absolute Gasteiger partial charge is 0.351 e. The van der Waals surface area contributed by atoms with E-state index in [0.29, 0.717) is 19.6 Å². The van der Waals surface area contributed by atoms with Gasteiger partial charge in [0, 0.05) is 19.5 Å². The summed E-state index contributed by atoms with van der Waals surface area (Å²) in [6.07, 6.45) is 2.36. The zero-order valence-electron chi connectivity index (χ0n) is 11.9. The lowest BCUT2D eigenvalue weighted by molar-refractivity contribution is -0.154. The number of nitrogens with one attached hydrogen (secondary N) is 1. The van der Waals surface area contributed by atoms with Crippen LogP contribution >= 0.6 is 0 Å². The molecule has 1 atom stereocenters. The van der Waals surface area contributed by atoms with E-state index in [1.54, 1.807) is 0 Å². The third-order valence-corrected chi connectivity index (χ3v) is 3.42. The van der Waals surface area contributed by atoms with Gasteiger partial charge < -0.3 is 14.8 Å². The van der Waals surface area contributed by atoms with Gasteiger partial charge in [0.15, 0.2) is 6.29 Å². The standard InChI is InChI=1S/C12H27NO4S/c1-5-9-13-11(8-10-18(4,14)15)12(16-6-2)17-7-3/h11-13H,5-10H2,1-4H3. The second-order valence-corrected chi connectivity index (χ2v) is 6.52. The van der Waals surface area contributed by atoms with Crippen molar-refractivity contribution in [3.8, 4) is 0 Å². The normalized spacial score (nSPS) is 14.1. The van der Waals surface area contributed by atoms with Gasteiger partial charge in [-0.05, 0) is 33.2 Å². The summed E-state index contributed by atoms with van der Waals surface area (Å²) in [5.41, 5.74) is 0. The smallest absolute Gasteiger partial charge is 0.172 e. The third kappa shape index (κ3) is 8.85. The van der Waals surface area contributed by atoms with Gasteiger partial charge in [-0.15, -0.1) is 0 Å². The van der Waals surface area contributed by atoms with Crippen LogP contribution in [0.2, 0.25) is 0 Å². The van der Waals surface area contributed by atoms with E-state index in [9.17, 15) is 8.42 Å². The van der Waals surface area contributed by atoms with Crippen LogP contribution in [-0.2, 0) is 19.3 Å². The molecule has 0 aromatic rings. The first kappa shape index (κ1) is 17.8. The van der Waals surface area contributed by atoms with Crippen molar-refractivity contribution in [3.63, 3.8) is 0 Å². The van der Waals surface area contributed by atoms with E-state index in [1.165, 1.54) is 6.26 Å². The fourth-order valence-electron chi connectivity index (χ4n) is 1.61.